The molecule has 10 heavy (non-hydrogen) atoms. The Kier molecular flexibility index (Phi) is 5.62. The maximum atomic E-state index is 8.76. The van der Waals surface area contributed by atoms with Gasteiger partial charge in [-0.25, -0.2) is 0 Å². The molecule has 0 aliphatic rings. The topological polar surface area (TPSA) is 47.9 Å². The summed E-state index contributed by atoms with van der Waals surface area (Å²) in [6.45, 7) is 1.84. The molecule has 1 N–H and O–H groups in total. The highest BCUT2D eigenvalue weighted by molar-refractivity contribution is 6.36. The molecule has 4 nitrogen and oxygen atoms in total. The fourth-order valence-corrected chi connectivity index (χ4v) is 0.450. The first-order chi connectivity index (χ1) is 4.70. The summed E-state index contributed by atoms with van der Waals surface area (Å²) in [5, 5.41) is 8.76. The number of hydrogen-bond donors (Lipinski definition) is 1. The minimum Gasteiger partial charge on any atom is -0.391 e. The van der Waals surface area contributed by atoms with E-state index in [1.54, 1.807) is 6.92 Å². The third-order valence-corrected chi connectivity index (χ3v) is 0.858. The van der Waals surface area contributed by atoms with Gasteiger partial charge in [-0.1, -0.05) is 0 Å². The highest BCUT2D eigenvalue weighted by Crippen LogP contribution is 1.89. The molecule has 0 radical (unpaired) electrons. The van der Waals surface area contributed by atoms with Crippen molar-refractivity contribution in [1.82, 2.24) is 0 Å². The predicted octanol–water partition coefficient (Wildman–Crippen LogP) is -0.339. The zero-order valence-electron chi connectivity index (χ0n) is 6.53. The smallest absolute Gasteiger partial charge is 0.391 e. The van der Waals surface area contributed by atoms with Crippen LogP contribution in [0.1, 0.15) is 6.92 Å². The molecule has 0 saturated heterocycles. The van der Waals surface area contributed by atoms with Crippen LogP contribution < -0.4 is 0 Å². The second-order valence-electron chi connectivity index (χ2n) is 1.94. The van der Waals surface area contributed by atoms with E-state index in [9.17, 15) is 0 Å². The Balaban J connectivity index is 3.26. The number of aliphatic hydroxyl groups excluding tert-OH is 1. The molecule has 0 bridgehead atoms. The Labute approximate surface area is 61.3 Å². The molecular weight excluding hydrogens is 135 g/mol. The van der Waals surface area contributed by atoms with Gasteiger partial charge in [0.25, 0.3) is 0 Å². The van der Waals surface area contributed by atoms with Crippen LogP contribution in [0.15, 0.2) is 0 Å². The lowest BCUT2D eigenvalue weighted by molar-refractivity contribution is 0.0709. The molecule has 1 unspecified atom stereocenters. The molecule has 0 fully saturated rings. The zero-order chi connectivity index (χ0) is 7.98. The van der Waals surface area contributed by atoms with Gasteiger partial charge in [-0.15, -0.1) is 0 Å². The summed E-state index contributed by atoms with van der Waals surface area (Å²) in [5.74, 6) is 0. The van der Waals surface area contributed by atoms with Gasteiger partial charge in [0.15, 0.2) is 0 Å². The van der Waals surface area contributed by atoms with E-state index in [4.69, 9.17) is 19.1 Å². The fraction of sp³-hybridized carbons (Fsp3) is 1.00. The fourth-order valence-electron chi connectivity index (χ4n) is 0.450. The molecule has 0 spiro atoms. The quantitative estimate of drug-likeness (QED) is 0.542. The van der Waals surface area contributed by atoms with Crippen LogP contribution in [0.2, 0.25) is 0 Å². The Hall–Kier alpha value is -0.0951. The van der Waals surface area contributed by atoms with Gasteiger partial charge in [0, 0.05) is 14.2 Å². The summed E-state index contributed by atoms with van der Waals surface area (Å²) < 4.78 is 14.3. The Morgan fingerprint density at radius 1 is 1.40 bits per heavy atom. The minimum absolute atomic E-state index is 0.215. The van der Waals surface area contributed by atoms with Gasteiger partial charge in [0.1, 0.15) is 0 Å². The van der Waals surface area contributed by atoms with Crippen LogP contribution in [-0.2, 0) is 14.0 Å². The zero-order valence-corrected chi connectivity index (χ0v) is 6.53. The van der Waals surface area contributed by atoms with Crippen LogP contribution in [0.4, 0.5) is 0 Å². The average Bonchev–Trinajstić information content (AvgIpc) is 1.90. The number of rotatable bonds is 5. The lowest BCUT2D eigenvalue weighted by Gasteiger charge is -2.09. The van der Waals surface area contributed by atoms with Crippen LogP contribution in [0.25, 0.3) is 0 Å². The normalized spacial score (nSPS) is 13.2. The first-order valence-corrected chi connectivity index (χ1v) is 3.06. The standard InChI is InChI=1S/C5H13BO4/c1-5(7)4-10-6(8-2)9-3/h5,7H,4H2,1-3H3. The van der Waals surface area contributed by atoms with Crippen LogP contribution in [0.3, 0.4) is 0 Å². The average molecular weight is 148 g/mol. The van der Waals surface area contributed by atoms with Crippen molar-refractivity contribution >= 4 is 7.32 Å². The molecule has 5 heteroatoms. The molecule has 60 valence electrons. The van der Waals surface area contributed by atoms with Gasteiger partial charge in [-0.2, -0.15) is 0 Å². The molecule has 1 atom stereocenters. The van der Waals surface area contributed by atoms with Gasteiger partial charge in [0.2, 0.25) is 0 Å². The van der Waals surface area contributed by atoms with Crippen LogP contribution >= 0.6 is 0 Å². The molecule has 0 amide bonds. The molecular formula is C5H13BO4. The summed E-state index contributed by atoms with van der Waals surface area (Å²) in [5.41, 5.74) is 0. The third-order valence-electron chi connectivity index (χ3n) is 0.858. The van der Waals surface area contributed by atoms with Gasteiger partial charge in [-0.05, 0) is 6.92 Å². The van der Waals surface area contributed by atoms with Crippen LogP contribution in [0, 0.1) is 0 Å². The van der Waals surface area contributed by atoms with Crippen molar-refractivity contribution in [3.05, 3.63) is 0 Å². The molecule has 0 rings (SSSR count). The maximum absolute atomic E-state index is 8.76. The molecule has 0 aromatic carbocycles. The van der Waals surface area contributed by atoms with E-state index >= 15 is 0 Å². The van der Waals surface area contributed by atoms with E-state index in [1.807, 2.05) is 0 Å². The highest BCUT2D eigenvalue weighted by atomic mass is 16.7. The first kappa shape index (κ1) is 9.90. The van der Waals surface area contributed by atoms with Gasteiger partial charge >= 0.3 is 7.32 Å². The van der Waals surface area contributed by atoms with Crippen molar-refractivity contribution in [3.8, 4) is 0 Å². The second-order valence-corrected chi connectivity index (χ2v) is 1.94. The summed E-state index contributed by atoms with van der Waals surface area (Å²) >= 11 is 0. The van der Waals surface area contributed by atoms with E-state index in [2.05, 4.69) is 0 Å². The lowest BCUT2D eigenvalue weighted by atomic mass is 10.2. The first-order valence-electron chi connectivity index (χ1n) is 3.06. The predicted molar refractivity (Wildman–Crippen MR) is 37.4 cm³/mol. The molecule has 0 aromatic heterocycles. The Bertz CT molecular complexity index is 74.0. The second kappa shape index (κ2) is 5.67. The molecule has 0 heterocycles. The minimum atomic E-state index is -0.672. The summed E-state index contributed by atoms with van der Waals surface area (Å²) in [4.78, 5) is 0. The van der Waals surface area contributed by atoms with E-state index < -0.39 is 13.4 Å². The van der Waals surface area contributed by atoms with Crippen molar-refractivity contribution in [3.63, 3.8) is 0 Å². The maximum Gasteiger partial charge on any atom is 0.639 e. The molecule has 0 aliphatic carbocycles. The monoisotopic (exact) mass is 148 g/mol. The largest absolute Gasteiger partial charge is 0.639 e. The van der Waals surface area contributed by atoms with Crippen molar-refractivity contribution < 1.29 is 19.1 Å². The lowest BCUT2D eigenvalue weighted by Crippen LogP contribution is -2.27. The summed E-state index contributed by atoms with van der Waals surface area (Å²) in [6.07, 6.45) is -0.493. The van der Waals surface area contributed by atoms with Gasteiger partial charge in [0.05, 0.1) is 12.7 Å². The van der Waals surface area contributed by atoms with Gasteiger partial charge < -0.3 is 19.1 Å². The van der Waals surface area contributed by atoms with E-state index in [0.717, 1.165) is 0 Å². The van der Waals surface area contributed by atoms with Crippen LogP contribution in [-0.4, -0.2) is 39.4 Å². The van der Waals surface area contributed by atoms with E-state index in [-0.39, 0.29) is 6.61 Å². The van der Waals surface area contributed by atoms with E-state index in [0.29, 0.717) is 0 Å². The summed E-state index contributed by atoms with van der Waals surface area (Å²) in [6, 6.07) is 0. The van der Waals surface area contributed by atoms with Crippen molar-refractivity contribution in [2.75, 3.05) is 20.8 Å². The number of hydrogen-bond acceptors (Lipinski definition) is 4. The van der Waals surface area contributed by atoms with E-state index in [1.165, 1.54) is 14.2 Å². The number of aliphatic hydroxyl groups is 1. The SMILES string of the molecule is COB(OC)OCC(C)O. The molecule has 0 saturated carbocycles. The third kappa shape index (κ3) is 4.75. The van der Waals surface area contributed by atoms with Gasteiger partial charge in [-0.3, -0.25) is 0 Å². The van der Waals surface area contributed by atoms with Crippen molar-refractivity contribution in [2.45, 2.75) is 13.0 Å². The van der Waals surface area contributed by atoms with Crippen molar-refractivity contribution in [1.29, 1.82) is 0 Å². The molecule has 0 aliphatic heterocycles. The highest BCUT2D eigenvalue weighted by Gasteiger charge is 2.17. The van der Waals surface area contributed by atoms with Crippen LogP contribution in [0.5, 0.6) is 0 Å². The Morgan fingerprint density at radius 3 is 2.20 bits per heavy atom. The summed E-state index contributed by atoms with van der Waals surface area (Å²) in [7, 11) is 2.27. The van der Waals surface area contributed by atoms with Crippen molar-refractivity contribution in [2.24, 2.45) is 0 Å². The molecule has 0 aromatic rings. The Morgan fingerprint density at radius 2 is 1.90 bits per heavy atom.